The number of hydrogen-bond donors (Lipinski definition) is 4. The summed E-state index contributed by atoms with van der Waals surface area (Å²) in [5.41, 5.74) is -0.508. The van der Waals surface area contributed by atoms with Gasteiger partial charge in [0.1, 0.15) is 22.2 Å². The maximum absolute atomic E-state index is 12.0. The van der Waals surface area contributed by atoms with E-state index in [9.17, 15) is 23.4 Å². The van der Waals surface area contributed by atoms with Gasteiger partial charge >= 0.3 is 0 Å². The van der Waals surface area contributed by atoms with Crippen molar-refractivity contribution in [2.45, 2.75) is 4.90 Å². The molecule has 21 heavy (non-hydrogen) atoms. The molecular weight excluding hydrogens is 300 g/mol. The van der Waals surface area contributed by atoms with Gasteiger partial charge in [-0.2, -0.15) is 8.42 Å². The summed E-state index contributed by atoms with van der Waals surface area (Å²) in [6.07, 6.45) is -0.204. The average Bonchev–Trinajstić information content (AvgIpc) is 2.43. The van der Waals surface area contributed by atoms with Crippen LogP contribution >= 0.6 is 0 Å². The van der Waals surface area contributed by atoms with Crippen molar-refractivity contribution in [1.29, 1.82) is 0 Å². The smallest absolute Gasteiger partial charge is 0.298 e. The molecule has 0 fully saturated rings. The first kappa shape index (κ1) is 12.1. The fourth-order valence-electron chi connectivity index (χ4n) is 1.48. The number of rotatable bonds is 3. The number of pyridine rings is 1. The standard InChI is InChI=1S/C12H10N2O6S/c15-8-6-10(21(18,19)20)9(16)5-7(8)12(17)14-11-3-1-2-4-13-11/h1-6,15-16H,(H,13,14,17)(H,18,19,20)/i3D,4D. The minimum absolute atomic E-state index is 0.187. The lowest BCUT2D eigenvalue weighted by Crippen LogP contribution is -2.13. The minimum atomic E-state index is -4.78. The summed E-state index contributed by atoms with van der Waals surface area (Å²) < 4.78 is 45.7. The van der Waals surface area contributed by atoms with Gasteiger partial charge in [0.25, 0.3) is 16.0 Å². The molecule has 2 aromatic rings. The van der Waals surface area contributed by atoms with E-state index >= 15 is 0 Å². The van der Waals surface area contributed by atoms with Crippen LogP contribution in [0.25, 0.3) is 0 Å². The van der Waals surface area contributed by atoms with Crippen LogP contribution in [-0.4, -0.2) is 34.1 Å². The Morgan fingerprint density at radius 1 is 1.24 bits per heavy atom. The molecule has 0 spiro atoms. The Balaban J connectivity index is 2.41. The van der Waals surface area contributed by atoms with Gasteiger partial charge in [-0.05, 0) is 18.2 Å². The second-order valence-electron chi connectivity index (χ2n) is 3.83. The average molecular weight is 312 g/mol. The maximum atomic E-state index is 12.0. The number of phenols is 2. The van der Waals surface area contributed by atoms with E-state index < -0.39 is 38.0 Å². The van der Waals surface area contributed by atoms with Gasteiger partial charge in [-0.15, -0.1) is 0 Å². The number of anilines is 1. The Morgan fingerprint density at radius 2 is 1.95 bits per heavy atom. The Morgan fingerprint density at radius 3 is 2.62 bits per heavy atom. The summed E-state index contributed by atoms with van der Waals surface area (Å²) in [4.78, 5) is 14.7. The number of carbonyl (C=O) groups is 1. The third-order valence-corrected chi connectivity index (χ3v) is 3.27. The van der Waals surface area contributed by atoms with Crippen molar-refractivity contribution < 1.29 is 30.7 Å². The van der Waals surface area contributed by atoms with E-state index in [1.807, 2.05) is 0 Å². The molecule has 1 aromatic heterocycles. The predicted octanol–water partition coefficient (Wildman–Crippen LogP) is 0.992. The van der Waals surface area contributed by atoms with Gasteiger partial charge in [-0.25, -0.2) is 4.98 Å². The lowest BCUT2D eigenvalue weighted by atomic mass is 10.1. The van der Waals surface area contributed by atoms with Gasteiger partial charge in [0, 0.05) is 12.2 Å². The number of aromatic hydroxyl groups is 2. The minimum Gasteiger partial charge on any atom is -0.507 e. The van der Waals surface area contributed by atoms with Gasteiger partial charge in [-0.1, -0.05) is 6.07 Å². The SMILES string of the molecule is [2H]c1ccc([2H])c(NC(=O)c2cc(O)c(S(=O)(=O)O)cc2O)n1. The highest BCUT2D eigenvalue weighted by molar-refractivity contribution is 7.86. The van der Waals surface area contributed by atoms with Crippen molar-refractivity contribution in [1.82, 2.24) is 4.98 Å². The van der Waals surface area contributed by atoms with Gasteiger partial charge in [0.2, 0.25) is 0 Å². The number of carbonyl (C=O) groups excluding carboxylic acids is 1. The zero-order valence-electron chi connectivity index (χ0n) is 12.2. The molecule has 8 nitrogen and oxygen atoms in total. The number of benzene rings is 1. The topological polar surface area (TPSA) is 137 Å². The van der Waals surface area contributed by atoms with Crippen molar-refractivity contribution in [2.75, 3.05) is 5.32 Å². The van der Waals surface area contributed by atoms with Crippen LogP contribution in [0.4, 0.5) is 5.82 Å². The van der Waals surface area contributed by atoms with Crippen LogP contribution in [0, 0.1) is 0 Å². The van der Waals surface area contributed by atoms with Gasteiger partial charge in [0.15, 0.2) is 0 Å². The van der Waals surface area contributed by atoms with Crippen LogP contribution in [0.5, 0.6) is 11.5 Å². The third kappa shape index (κ3) is 3.27. The molecule has 110 valence electrons. The summed E-state index contributed by atoms with van der Waals surface area (Å²) in [7, 11) is -4.78. The number of amides is 1. The number of phenolic OH excluding ortho intramolecular Hbond substituents is 2. The van der Waals surface area contributed by atoms with Crippen molar-refractivity contribution in [2.24, 2.45) is 0 Å². The predicted molar refractivity (Wildman–Crippen MR) is 71.8 cm³/mol. The quantitative estimate of drug-likeness (QED) is 0.490. The molecule has 0 saturated heterocycles. The van der Waals surface area contributed by atoms with Crippen LogP contribution in [-0.2, 0) is 10.1 Å². The highest BCUT2D eigenvalue weighted by Crippen LogP contribution is 2.30. The molecule has 0 radical (unpaired) electrons. The Bertz CT molecular complexity index is 901. The molecule has 0 bridgehead atoms. The zero-order valence-corrected chi connectivity index (χ0v) is 11.0. The summed E-state index contributed by atoms with van der Waals surface area (Å²) in [5, 5.41) is 21.4. The van der Waals surface area contributed by atoms with E-state index in [1.54, 1.807) is 0 Å². The van der Waals surface area contributed by atoms with Crippen molar-refractivity contribution in [3.63, 3.8) is 0 Å². The highest BCUT2D eigenvalue weighted by atomic mass is 32.2. The number of hydrogen-bond acceptors (Lipinski definition) is 6. The Kier molecular flexibility index (Phi) is 3.11. The molecule has 0 aliphatic carbocycles. The van der Waals surface area contributed by atoms with E-state index in [0.29, 0.717) is 12.1 Å². The van der Waals surface area contributed by atoms with E-state index in [2.05, 4.69) is 10.3 Å². The van der Waals surface area contributed by atoms with Crippen molar-refractivity contribution in [3.05, 3.63) is 42.0 Å². The van der Waals surface area contributed by atoms with Crippen LogP contribution in [0.1, 0.15) is 13.1 Å². The second kappa shape index (κ2) is 5.38. The molecule has 1 heterocycles. The Hall–Kier alpha value is -2.65. The molecule has 0 unspecified atom stereocenters. The molecule has 2 rings (SSSR count). The summed E-state index contributed by atoms with van der Waals surface area (Å²) in [6, 6.07) is 3.43. The van der Waals surface area contributed by atoms with Crippen LogP contribution in [0.2, 0.25) is 0 Å². The highest BCUT2D eigenvalue weighted by Gasteiger charge is 2.21. The second-order valence-corrected chi connectivity index (χ2v) is 5.22. The van der Waals surface area contributed by atoms with Crippen LogP contribution in [0.3, 0.4) is 0 Å². The molecule has 0 aliphatic heterocycles. The van der Waals surface area contributed by atoms with Crippen molar-refractivity contribution in [3.8, 4) is 11.5 Å². The fraction of sp³-hybridized carbons (Fsp3) is 0. The largest absolute Gasteiger partial charge is 0.507 e. The third-order valence-electron chi connectivity index (χ3n) is 2.39. The van der Waals surface area contributed by atoms with E-state index in [0.717, 1.165) is 0 Å². The maximum Gasteiger partial charge on any atom is 0.298 e. The molecule has 4 N–H and O–H groups in total. The molecular formula is C12H10N2O6S. The van der Waals surface area contributed by atoms with E-state index in [4.69, 9.17) is 7.29 Å². The number of nitrogens with zero attached hydrogens (tertiary/aromatic N) is 1. The van der Waals surface area contributed by atoms with E-state index in [1.165, 1.54) is 12.1 Å². The molecule has 0 saturated carbocycles. The summed E-state index contributed by atoms with van der Waals surface area (Å²) in [6.45, 7) is 0. The van der Waals surface area contributed by atoms with Crippen LogP contribution in [0.15, 0.2) is 41.4 Å². The molecule has 0 aliphatic rings. The summed E-state index contributed by atoms with van der Waals surface area (Å²) in [5.74, 6) is -3.00. The van der Waals surface area contributed by atoms with Gasteiger partial charge < -0.3 is 15.5 Å². The van der Waals surface area contributed by atoms with Crippen LogP contribution < -0.4 is 5.32 Å². The normalized spacial score (nSPS) is 12.4. The van der Waals surface area contributed by atoms with Crippen molar-refractivity contribution >= 4 is 21.8 Å². The molecule has 1 amide bonds. The zero-order chi connectivity index (χ0) is 17.4. The van der Waals surface area contributed by atoms with Gasteiger partial charge in [0.05, 0.1) is 8.30 Å². The first-order valence-electron chi connectivity index (χ1n) is 6.38. The monoisotopic (exact) mass is 312 g/mol. The molecule has 1 aromatic carbocycles. The summed E-state index contributed by atoms with van der Waals surface area (Å²) >= 11 is 0. The number of nitrogens with one attached hydrogen (secondary N) is 1. The van der Waals surface area contributed by atoms with E-state index in [-0.39, 0.29) is 18.0 Å². The fourth-order valence-corrected chi connectivity index (χ4v) is 2.06. The lowest BCUT2D eigenvalue weighted by molar-refractivity contribution is 0.102. The first-order chi connectivity index (χ1) is 10.6. The Labute approximate surface area is 122 Å². The lowest BCUT2D eigenvalue weighted by Gasteiger charge is -2.08. The first-order valence-corrected chi connectivity index (χ1v) is 6.82. The number of aromatic nitrogens is 1. The molecule has 9 heteroatoms. The van der Waals surface area contributed by atoms with Gasteiger partial charge in [-0.3, -0.25) is 9.35 Å². The molecule has 0 atom stereocenters.